The maximum absolute atomic E-state index is 12.3. The Kier molecular flexibility index (Phi) is 6.39. The molecule has 1 amide bonds. The van der Waals surface area contributed by atoms with Crippen molar-refractivity contribution in [2.45, 2.75) is 70.3 Å². The minimum atomic E-state index is 0.174. The number of amides is 1. The summed E-state index contributed by atoms with van der Waals surface area (Å²) in [6.07, 6.45) is 10.9. The maximum atomic E-state index is 12.3. The van der Waals surface area contributed by atoms with Gasteiger partial charge in [-0.25, -0.2) is 0 Å². The van der Waals surface area contributed by atoms with Gasteiger partial charge in [-0.15, -0.1) is 0 Å². The molecule has 0 spiro atoms. The first kappa shape index (κ1) is 17.1. The van der Waals surface area contributed by atoms with Gasteiger partial charge in [0.15, 0.2) is 11.5 Å². The molecule has 1 fully saturated rings. The van der Waals surface area contributed by atoms with Gasteiger partial charge in [0.2, 0.25) is 5.91 Å². The number of aryl methyl sites for hydroxylation is 1. The summed E-state index contributed by atoms with van der Waals surface area (Å²) in [5.41, 5.74) is 1.13. The van der Waals surface area contributed by atoms with Gasteiger partial charge in [-0.2, -0.15) is 0 Å². The smallest absolute Gasteiger partial charge is 0.220 e. The van der Waals surface area contributed by atoms with Crippen molar-refractivity contribution in [3.63, 3.8) is 0 Å². The third-order valence-corrected chi connectivity index (χ3v) is 4.92. The highest BCUT2D eigenvalue weighted by atomic mass is 16.5. The van der Waals surface area contributed by atoms with E-state index in [4.69, 9.17) is 9.47 Å². The summed E-state index contributed by atoms with van der Waals surface area (Å²) in [4.78, 5) is 12.3. The highest BCUT2D eigenvalue weighted by molar-refractivity contribution is 5.76. The maximum Gasteiger partial charge on any atom is 0.220 e. The number of fused-ring (bicyclic) bond motifs is 1. The van der Waals surface area contributed by atoms with E-state index in [1.807, 2.05) is 18.2 Å². The Labute approximate surface area is 144 Å². The summed E-state index contributed by atoms with van der Waals surface area (Å²) in [6.45, 7) is 1.40. The van der Waals surface area contributed by atoms with E-state index in [0.29, 0.717) is 25.7 Å². The van der Waals surface area contributed by atoms with Crippen LogP contribution in [-0.2, 0) is 11.2 Å². The molecule has 0 saturated heterocycles. The van der Waals surface area contributed by atoms with Crippen LogP contribution in [0, 0.1) is 0 Å². The lowest BCUT2D eigenvalue weighted by atomic mass is 9.96. The van der Waals surface area contributed by atoms with Gasteiger partial charge in [-0.3, -0.25) is 4.79 Å². The lowest BCUT2D eigenvalue weighted by molar-refractivity contribution is -0.121. The predicted molar refractivity (Wildman–Crippen MR) is 94.6 cm³/mol. The molecular weight excluding hydrogens is 302 g/mol. The topological polar surface area (TPSA) is 47.6 Å². The average molecular weight is 331 g/mol. The Hall–Kier alpha value is -1.71. The molecular formula is C20H29NO3. The highest BCUT2D eigenvalue weighted by Crippen LogP contribution is 2.30. The minimum absolute atomic E-state index is 0.174. The zero-order valence-corrected chi connectivity index (χ0v) is 14.5. The van der Waals surface area contributed by atoms with E-state index in [-0.39, 0.29) is 5.91 Å². The van der Waals surface area contributed by atoms with Crippen LogP contribution >= 0.6 is 0 Å². The summed E-state index contributed by atoms with van der Waals surface area (Å²) >= 11 is 0. The second-order valence-electron chi connectivity index (χ2n) is 6.94. The first-order chi connectivity index (χ1) is 11.8. The van der Waals surface area contributed by atoms with Crippen LogP contribution in [-0.4, -0.2) is 25.2 Å². The molecule has 1 aliphatic heterocycles. The van der Waals surface area contributed by atoms with Crippen molar-refractivity contribution < 1.29 is 14.3 Å². The molecule has 2 aliphatic rings. The molecule has 24 heavy (non-hydrogen) atoms. The first-order valence-corrected chi connectivity index (χ1v) is 9.49. The molecule has 0 aromatic heterocycles. The van der Waals surface area contributed by atoms with Crippen LogP contribution in [0.5, 0.6) is 11.5 Å². The Bertz CT molecular complexity index is 536. The number of benzene rings is 1. The molecule has 0 unspecified atom stereocenters. The van der Waals surface area contributed by atoms with Crippen LogP contribution in [0.15, 0.2) is 18.2 Å². The Morgan fingerprint density at radius 3 is 2.46 bits per heavy atom. The van der Waals surface area contributed by atoms with E-state index in [9.17, 15) is 4.79 Å². The van der Waals surface area contributed by atoms with E-state index >= 15 is 0 Å². The summed E-state index contributed by atoms with van der Waals surface area (Å²) < 4.78 is 11.4. The quantitative estimate of drug-likeness (QED) is 0.907. The van der Waals surface area contributed by atoms with Crippen LogP contribution in [0.3, 0.4) is 0 Å². The van der Waals surface area contributed by atoms with Crippen molar-refractivity contribution in [1.29, 1.82) is 0 Å². The number of hydrogen-bond donors (Lipinski definition) is 1. The molecule has 0 bridgehead atoms. The number of carbonyl (C=O) groups is 1. The molecule has 4 heteroatoms. The van der Waals surface area contributed by atoms with E-state index in [1.165, 1.54) is 32.1 Å². The third kappa shape index (κ3) is 5.15. The SMILES string of the molecule is O=C(CCc1ccc2c(c1)OCCCO2)NC1CCCCCCC1. The van der Waals surface area contributed by atoms with E-state index in [1.54, 1.807) is 0 Å². The Balaban J connectivity index is 1.48. The molecule has 0 radical (unpaired) electrons. The third-order valence-electron chi connectivity index (χ3n) is 4.92. The molecule has 4 nitrogen and oxygen atoms in total. The summed E-state index contributed by atoms with van der Waals surface area (Å²) in [5, 5.41) is 3.23. The molecule has 1 aliphatic carbocycles. The van der Waals surface area contributed by atoms with Gasteiger partial charge in [0.25, 0.3) is 0 Å². The second kappa shape index (κ2) is 8.95. The number of ether oxygens (including phenoxy) is 2. The van der Waals surface area contributed by atoms with Crippen LogP contribution in [0.2, 0.25) is 0 Å². The van der Waals surface area contributed by atoms with Gasteiger partial charge in [0, 0.05) is 18.9 Å². The molecule has 3 rings (SSSR count). The second-order valence-corrected chi connectivity index (χ2v) is 6.94. The average Bonchev–Trinajstić information content (AvgIpc) is 2.80. The summed E-state index contributed by atoms with van der Waals surface area (Å²) in [6, 6.07) is 6.39. The van der Waals surface area contributed by atoms with Gasteiger partial charge < -0.3 is 14.8 Å². The fourth-order valence-corrected chi connectivity index (χ4v) is 3.52. The van der Waals surface area contributed by atoms with Gasteiger partial charge >= 0.3 is 0 Å². The van der Waals surface area contributed by atoms with Crippen LogP contribution in [0.25, 0.3) is 0 Å². The van der Waals surface area contributed by atoms with E-state index in [2.05, 4.69) is 5.32 Å². The van der Waals surface area contributed by atoms with Crippen molar-refractivity contribution >= 4 is 5.91 Å². The standard InChI is InChI=1S/C20H29NO3/c22-20(21-17-7-4-2-1-3-5-8-17)12-10-16-9-11-18-19(15-16)24-14-6-13-23-18/h9,11,15,17H,1-8,10,12-14H2,(H,21,22). The number of rotatable bonds is 4. The number of hydrogen-bond acceptors (Lipinski definition) is 3. The normalized spacial score (nSPS) is 19.0. The van der Waals surface area contributed by atoms with Crippen LogP contribution < -0.4 is 14.8 Å². The molecule has 132 valence electrons. The zero-order valence-electron chi connectivity index (χ0n) is 14.5. The first-order valence-electron chi connectivity index (χ1n) is 9.49. The summed E-state index contributed by atoms with van der Waals surface area (Å²) in [5.74, 6) is 1.80. The van der Waals surface area contributed by atoms with Gasteiger partial charge in [0.1, 0.15) is 0 Å². The van der Waals surface area contributed by atoms with Crippen molar-refractivity contribution in [2.24, 2.45) is 0 Å². The Morgan fingerprint density at radius 1 is 0.958 bits per heavy atom. The highest BCUT2D eigenvalue weighted by Gasteiger charge is 2.15. The predicted octanol–water partition coefficient (Wildman–Crippen LogP) is 4.01. The van der Waals surface area contributed by atoms with Crippen molar-refractivity contribution in [3.8, 4) is 11.5 Å². The number of nitrogens with one attached hydrogen (secondary N) is 1. The molecule has 1 saturated carbocycles. The van der Waals surface area contributed by atoms with Crippen molar-refractivity contribution in [2.75, 3.05) is 13.2 Å². The lowest BCUT2D eigenvalue weighted by Gasteiger charge is -2.21. The minimum Gasteiger partial charge on any atom is -0.490 e. The van der Waals surface area contributed by atoms with Gasteiger partial charge in [-0.05, 0) is 37.0 Å². The van der Waals surface area contributed by atoms with E-state index in [0.717, 1.165) is 42.7 Å². The fourth-order valence-electron chi connectivity index (χ4n) is 3.52. The lowest BCUT2D eigenvalue weighted by Crippen LogP contribution is -2.35. The largest absolute Gasteiger partial charge is 0.490 e. The fraction of sp³-hybridized carbons (Fsp3) is 0.650. The van der Waals surface area contributed by atoms with Crippen LogP contribution in [0.4, 0.5) is 0 Å². The molecule has 1 heterocycles. The van der Waals surface area contributed by atoms with E-state index < -0.39 is 0 Å². The molecule has 1 N–H and O–H groups in total. The molecule has 1 aromatic carbocycles. The molecule has 0 atom stereocenters. The van der Waals surface area contributed by atoms with Gasteiger partial charge in [-0.1, -0.05) is 38.2 Å². The van der Waals surface area contributed by atoms with Crippen molar-refractivity contribution in [1.82, 2.24) is 5.32 Å². The van der Waals surface area contributed by atoms with Gasteiger partial charge in [0.05, 0.1) is 13.2 Å². The van der Waals surface area contributed by atoms with Crippen LogP contribution in [0.1, 0.15) is 63.4 Å². The monoisotopic (exact) mass is 331 g/mol. The number of carbonyl (C=O) groups excluding carboxylic acids is 1. The zero-order chi connectivity index (χ0) is 16.6. The Morgan fingerprint density at radius 2 is 1.67 bits per heavy atom. The van der Waals surface area contributed by atoms with Crippen molar-refractivity contribution in [3.05, 3.63) is 23.8 Å². The summed E-state index contributed by atoms with van der Waals surface area (Å²) in [7, 11) is 0. The molecule has 1 aromatic rings.